The third kappa shape index (κ3) is 3.13. The van der Waals surface area contributed by atoms with Crippen LogP contribution in [0.15, 0.2) is 18.3 Å². The van der Waals surface area contributed by atoms with Crippen LogP contribution in [0, 0.1) is 5.92 Å². The molecule has 1 aromatic rings. The first-order valence-corrected chi connectivity index (χ1v) is 6.79. The number of methoxy groups -OCH3 is 1. The van der Waals surface area contributed by atoms with Gasteiger partial charge in [0.15, 0.2) is 11.6 Å². The average molecular weight is 249 g/mol. The predicted molar refractivity (Wildman–Crippen MR) is 74.3 cm³/mol. The van der Waals surface area contributed by atoms with E-state index < -0.39 is 0 Å². The summed E-state index contributed by atoms with van der Waals surface area (Å²) in [5.41, 5.74) is 0. The van der Waals surface area contributed by atoms with E-state index >= 15 is 0 Å². The molecule has 18 heavy (non-hydrogen) atoms. The number of rotatable bonds is 5. The van der Waals surface area contributed by atoms with Crippen LogP contribution < -0.4 is 15.0 Å². The molecule has 1 aliphatic heterocycles. The Kier molecular flexibility index (Phi) is 4.81. The molecule has 0 unspecified atom stereocenters. The first-order valence-electron chi connectivity index (χ1n) is 6.79. The highest BCUT2D eigenvalue weighted by molar-refractivity contribution is 5.51. The Labute approximate surface area is 109 Å². The van der Waals surface area contributed by atoms with Crippen molar-refractivity contribution in [2.24, 2.45) is 5.92 Å². The summed E-state index contributed by atoms with van der Waals surface area (Å²) in [6.07, 6.45) is 4.35. The number of aromatic nitrogens is 1. The van der Waals surface area contributed by atoms with E-state index in [2.05, 4.69) is 22.1 Å². The number of nitrogens with one attached hydrogen (secondary N) is 1. The van der Waals surface area contributed by atoms with Crippen LogP contribution >= 0.6 is 0 Å². The van der Waals surface area contributed by atoms with Crippen molar-refractivity contribution in [2.75, 3.05) is 38.2 Å². The SMILES string of the molecule is CCN(CC1CCNCC1)c1ncccc1OC. The van der Waals surface area contributed by atoms with Gasteiger partial charge in [0.2, 0.25) is 0 Å². The molecule has 2 rings (SSSR count). The Bertz CT molecular complexity index is 364. The lowest BCUT2D eigenvalue weighted by molar-refractivity contribution is 0.370. The smallest absolute Gasteiger partial charge is 0.171 e. The Morgan fingerprint density at radius 1 is 1.44 bits per heavy atom. The summed E-state index contributed by atoms with van der Waals surface area (Å²) in [7, 11) is 1.71. The molecule has 1 aromatic heterocycles. The second-order valence-corrected chi connectivity index (χ2v) is 4.76. The van der Waals surface area contributed by atoms with Crippen molar-refractivity contribution in [3.8, 4) is 5.75 Å². The van der Waals surface area contributed by atoms with Gasteiger partial charge in [-0.25, -0.2) is 4.98 Å². The number of nitrogens with zero attached hydrogens (tertiary/aromatic N) is 2. The lowest BCUT2D eigenvalue weighted by Crippen LogP contribution is -2.36. The number of ether oxygens (including phenoxy) is 1. The second kappa shape index (κ2) is 6.59. The molecule has 0 aromatic carbocycles. The highest BCUT2D eigenvalue weighted by Gasteiger charge is 2.19. The van der Waals surface area contributed by atoms with E-state index in [1.54, 1.807) is 7.11 Å². The van der Waals surface area contributed by atoms with Crippen LogP contribution in [0.1, 0.15) is 19.8 Å². The molecule has 100 valence electrons. The number of hydrogen-bond acceptors (Lipinski definition) is 4. The zero-order chi connectivity index (χ0) is 12.8. The van der Waals surface area contributed by atoms with Crippen LogP contribution in [0.2, 0.25) is 0 Å². The first-order chi connectivity index (χ1) is 8.85. The third-order valence-electron chi connectivity index (χ3n) is 3.59. The van der Waals surface area contributed by atoms with Crippen LogP contribution in [-0.4, -0.2) is 38.3 Å². The van der Waals surface area contributed by atoms with Crippen LogP contribution in [0.3, 0.4) is 0 Å². The van der Waals surface area contributed by atoms with Gasteiger partial charge in [0.05, 0.1) is 7.11 Å². The molecule has 0 aliphatic carbocycles. The standard InChI is InChI=1S/C14H23N3O/c1-3-17(11-12-6-9-15-10-7-12)14-13(18-2)5-4-8-16-14/h4-5,8,12,15H,3,6-7,9-11H2,1-2H3. The van der Waals surface area contributed by atoms with Gasteiger partial charge in [0, 0.05) is 19.3 Å². The molecule has 0 radical (unpaired) electrons. The summed E-state index contributed by atoms with van der Waals surface area (Å²) >= 11 is 0. The maximum absolute atomic E-state index is 5.40. The average Bonchev–Trinajstić information content (AvgIpc) is 2.46. The van der Waals surface area contributed by atoms with Gasteiger partial charge in [0.1, 0.15) is 0 Å². The summed E-state index contributed by atoms with van der Waals surface area (Å²) in [5, 5.41) is 3.41. The largest absolute Gasteiger partial charge is 0.493 e. The van der Waals surface area contributed by atoms with Crippen molar-refractivity contribution < 1.29 is 4.74 Å². The van der Waals surface area contributed by atoms with E-state index in [1.807, 2.05) is 18.3 Å². The van der Waals surface area contributed by atoms with Gasteiger partial charge in [0.25, 0.3) is 0 Å². The van der Waals surface area contributed by atoms with Crippen molar-refractivity contribution in [3.63, 3.8) is 0 Å². The zero-order valence-electron chi connectivity index (χ0n) is 11.4. The van der Waals surface area contributed by atoms with Crippen LogP contribution in [0.25, 0.3) is 0 Å². The monoisotopic (exact) mass is 249 g/mol. The fourth-order valence-electron chi connectivity index (χ4n) is 2.52. The highest BCUT2D eigenvalue weighted by atomic mass is 16.5. The van der Waals surface area contributed by atoms with Gasteiger partial charge in [-0.3, -0.25) is 0 Å². The maximum atomic E-state index is 5.40. The molecular formula is C14H23N3O. The van der Waals surface area contributed by atoms with Crippen molar-refractivity contribution in [2.45, 2.75) is 19.8 Å². The molecule has 1 N–H and O–H groups in total. The molecule has 4 nitrogen and oxygen atoms in total. The minimum absolute atomic E-state index is 0.762. The van der Waals surface area contributed by atoms with E-state index in [1.165, 1.54) is 12.8 Å². The molecule has 0 saturated carbocycles. The Hall–Kier alpha value is -1.29. The summed E-state index contributed by atoms with van der Waals surface area (Å²) in [6.45, 7) is 6.50. The Morgan fingerprint density at radius 3 is 2.89 bits per heavy atom. The summed E-state index contributed by atoms with van der Waals surface area (Å²) in [6, 6.07) is 3.90. The number of anilines is 1. The van der Waals surface area contributed by atoms with E-state index in [0.29, 0.717) is 0 Å². The predicted octanol–water partition coefficient (Wildman–Crippen LogP) is 1.92. The fourth-order valence-corrected chi connectivity index (χ4v) is 2.52. The van der Waals surface area contributed by atoms with Crippen molar-refractivity contribution in [3.05, 3.63) is 18.3 Å². The highest BCUT2D eigenvalue weighted by Crippen LogP contribution is 2.26. The minimum Gasteiger partial charge on any atom is -0.493 e. The van der Waals surface area contributed by atoms with Gasteiger partial charge in [-0.2, -0.15) is 0 Å². The zero-order valence-corrected chi connectivity index (χ0v) is 11.4. The third-order valence-corrected chi connectivity index (χ3v) is 3.59. The van der Waals surface area contributed by atoms with Gasteiger partial charge >= 0.3 is 0 Å². The van der Waals surface area contributed by atoms with Gasteiger partial charge < -0.3 is 15.0 Å². The van der Waals surface area contributed by atoms with E-state index in [4.69, 9.17) is 4.74 Å². The summed E-state index contributed by atoms with van der Waals surface area (Å²) < 4.78 is 5.40. The molecule has 0 atom stereocenters. The Balaban J connectivity index is 2.07. The van der Waals surface area contributed by atoms with Crippen LogP contribution in [-0.2, 0) is 0 Å². The van der Waals surface area contributed by atoms with Crippen LogP contribution in [0.4, 0.5) is 5.82 Å². The van der Waals surface area contributed by atoms with Gasteiger partial charge in [-0.05, 0) is 50.9 Å². The number of hydrogen-bond donors (Lipinski definition) is 1. The molecule has 0 bridgehead atoms. The van der Waals surface area contributed by atoms with E-state index in [-0.39, 0.29) is 0 Å². The molecule has 0 amide bonds. The second-order valence-electron chi connectivity index (χ2n) is 4.76. The Morgan fingerprint density at radius 2 is 2.22 bits per heavy atom. The lowest BCUT2D eigenvalue weighted by Gasteiger charge is -2.30. The minimum atomic E-state index is 0.762. The quantitative estimate of drug-likeness (QED) is 0.865. The maximum Gasteiger partial charge on any atom is 0.171 e. The molecule has 1 aliphatic rings. The van der Waals surface area contributed by atoms with E-state index in [9.17, 15) is 0 Å². The fraction of sp³-hybridized carbons (Fsp3) is 0.643. The normalized spacial score (nSPS) is 16.6. The van der Waals surface area contributed by atoms with Gasteiger partial charge in [-0.15, -0.1) is 0 Å². The van der Waals surface area contributed by atoms with Crippen molar-refractivity contribution >= 4 is 5.82 Å². The number of piperidine rings is 1. The van der Waals surface area contributed by atoms with Crippen LogP contribution in [0.5, 0.6) is 5.75 Å². The topological polar surface area (TPSA) is 37.4 Å². The summed E-state index contributed by atoms with van der Waals surface area (Å²) in [4.78, 5) is 6.80. The molecule has 0 spiro atoms. The molecule has 2 heterocycles. The van der Waals surface area contributed by atoms with E-state index in [0.717, 1.165) is 43.7 Å². The first kappa shape index (κ1) is 13.1. The van der Waals surface area contributed by atoms with Gasteiger partial charge in [-0.1, -0.05) is 0 Å². The lowest BCUT2D eigenvalue weighted by atomic mass is 9.97. The molecule has 1 fully saturated rings. The molecule has 1 saturated heterocycles. The number of pyridine rings is 1. The van der Waals surface area contributed by atoms with Crippen molar-refractivity contribution in [1.29, 1.82) is 0 Å². The summed E-state index contributed by atoms with van der Waals surface area (Å²) in [5.74, 6) is 2.60. The molecular weight excluding hydrogens is 226 g/mol. The molecule has 4 heteroatoms. The van der Waals surface area contributed by atoms with Crippen molar-refractivity contribution in [1.82, 2.24) is 10.3 Å².